The molecule has 0 spiro atoms. The van der Waals surface area contributed by atoms with Crippen molar-refractivity contribution in [2.75, 3.05) is 5.75 Å². The average Bonchev–Trinajstić information content (AvgIpc) is 3.38. The smallest absolute Gasteiger partial charge is 0.269 e. The molecule has 0 N–H and O–H groups in total. The molecule has 0 atom stereocenters. The summed E-state index contributed by atoms with van der Waals surface area (Å²) in [5.74, 6) is 1.23. The second-order valence-corrected chi connectivity index (χ2v) is 9.21. The minimum absolute atomic E-state index is 0.0580. The summed E-state index contributed by atoms with van der Waals surface area (Å²) in [6, 6.07) is 33.2. The number of para-hydroxylation sites is 1. The Bertz CT molecular complexity index is 1540. The van der Waals surface area contributed by atoms with Crippen LogP contribution in [0.25, 0.3) is 16.8 Å². The van der Waals surface area contributed by atoms with Gasteiger partial charge in [0.25, 0.3) is 5.69 Å². The number of rotatable bonds is 10. The fourth-order valence-corrected chi connectivity index (χ4v) is 4.69. The zero-order valence-electron chi connectivity index (χ0n) is 20.1. The van der Waals surface area contributed by atoms with Crippen LogP contribution in [0.1, 0.15) is 16.2 Å². The van der Waals surface area contributed by atoms with Gasteiger partial charge in [0.2, 0.25) is 0 Å². The number of carbonyl (C=O) groups excluding carboxylic acids is 1. The van der Waals surface area contributed by atoms with Gasteiger partial charge in [-0.05, 0) is 47.5 Å². The highest BCUT2D eigenvalue weighted by Crippen LogP contribution is 2.26. The summed E-state index contributed by atoms with van der Waals surface area (Å²) in [5, 5.41) is 20.1. The van der Waals surface area contributed by atoms with Gasteiger partial charge in [0.05, 0.1) is 10.7 Å². The van der Waals surface area contributed by atoms with Gasteiger partial charge in [-0.3, -0.25) is 19.5 Å². The molecule has 1 aromatic heterocycles. The Kier molecular flexibility index (Phi) is 7.56. The molecule has 0 aliphatic rings. The molecule has 38 heavy (non-hydrogen) atoms. The maximum absolute atomic E-state index is 12.7. The summed E-state index contributed by atoms with van der Waals surface area (Å²) >= 11 is 1.25. The molecular formula is C29H22N4O4S. The summed E-state index contributed by atoms with van der Waals surface area (Å²) in [4.78, 5) is 23.1. The van der Waals surface area contributed by atoms with E-state index in [0.29, 0.717) is 22.3 Å². The highest BCUT2D eigenvalue weighted by molar-refractivity contribution is 7.99. The molecule has 188 valence electrons. The van der Waals surface area contributed by atoms with Gasteiger partial charge in [-0.15, -0.1) is 10.2 Å². The molecule has 5 rings (SSSR count). The number of ether oxygens (including phenoxy) is 1. The summed E-state index contributed by atoms with van der Waals surface area (Å²) in [7, 11) is 0. The van der Waals surface area contributed by atoms with Crippen molar-refractivity contribution in [3.63, 3.8) is 0 Å². The first-order valence-corrected chi connectivity index (χ1v) is 12.8. The maximum Gasteiger partial charge on any atom is 0.269 e. The van der Waals surface area contributed by atoms with Gasteiger partial charge < -0.3 is 4.74 Å². The van der Waals surface area contributed by atoms with Gasteiger partial charge in [-0.2, -0.15) is 0 Å². The van der Waals surface area contributed by atoms with E-state index in [9.17, 15) is 14.9 Å². The van der Waals surface area contributed by atoms with Gasteiger partial charge in [0, 0.05) is 23.4 Å². The first kappa shape index (κ1) is 24.9. The van der Waals surface area contributed by atoms with Crippen molar-refractivity contribution >= 4 is 23.2 Å². The standard InChI is InChI=1S/C29H22N4O4S/c34-27(23-11-15-25(16-12-23)33(35)36)20-38-29-31-30-28(32(29)24-9-5-2-6-10-24)19-37-26-17-13-22(14-18-26)21-7-3-1-4-8-21/h1-18H,19-20H2. The van der Waals surface area contributed by atoms with Crippen molar-refractivity contribution in [1.29, 1.82) is 0 Å². The molecule has 0 unspecified atom stereocenters. The number of Topliss-reactive ketones (excluding diaryl/α,β-unsaturated/α-hetero) is 1. The number of benzene rings is 4. The molecule has 0 fully saturated rings. The van der Waals surface area contributed by atoms with Crippen LogP contribution < -0.4 is 4.74 Å². The van der Waals surface area contributed by atoms with Crippen LogP contribution in [0.4, 0.5) is 5.69 Å². The van der Waals surface area contributed by atoms with Crippen molar-refractivity contribution in [2.24, 2.45) is 0 Å². The molecule has 0 aliphatic carbocycles. The van der Waals surface area contributed by atoms with E-state index in [1.807, 2.05) is 77.4 Å². The predicted molar refractivity (Wildman–Crippen MR) is 146 cm³/mol. The van der Waals surface area contributed by atoms with Crippen LogP contribution in [0, 0.1) is 10.1 Å². The van der Waals surface area contributed by atoms with E-state index in [1.165, 1.54) is 36.0 Å². The van der Waals surface area contributed by atoms with Crippen LogP contribution in [-0.4, -0.2) is 31.2 Å². The Balaban J connectivity index is 1.30. The minimum atomic E-state index is -0.493. The van der Waals surface area contributed by atoms with Crippen molar-refractivity contribution in [2.45, 2.75) is 11.8 Å². The van der Waals surface area contributed by atoms with Crippen molar-refractivity contribution < 1.29 is 14.5 Å². The van der Waals surface area contributed by atoms with Crippen molar-refractivity contribution in [3.05, 3.63) is 131 Å². The normalized spacial score (nSPS) is 10.7. The Labute approximate surface area is 223 Å². The lowest BCUT2D eigenvalue weighted by atomic mass is 10.1. The summed E-state index contributed by atoms with van der Waals surface area (Å²) < 4.78 is 7.90. The lowest BCUT2D eigenvalue weighted by Crippen LogP contribution is -2.08. The van der Waals surface area contributed by atoms with Gasteiger partial charge >= 0.3 is 0 Å². The molecule has 0 saturated carbocycles. The van der Waals surface area contributed by atoms with Crippen molar-refractivity contribution in [1.82, 2.24) is 14.8 Å². The first-order chi connectivity index (χ1) is 18.6. The number of aromatic nitrogens is 3. The van der Waals surface area contributed by atoms with Crippen LogP contribution in [0.2, 0.25) is 0 Å². The Morgan fingerprint density at radius 1 is 0.816 bits per heavy atom. The molecule has 0 aliphatic heterocycles. The highest BCUT2D eigenvalue weighted by atomic mass is 32.2. The number of ketones is 1. The fourth-order valence-electron chi connectivity index (χ4n) is 3.83. The number of hydrogen-bond donors (Lipinski definition) is 0. The van der Waals surface area contributed by atoms with Gasteiger partial charge in [-0.1, -0.05) is 72.4 Å². The predicted octanol–water partition coefficient (Wildman–Crippen LogP) is 6.40. The molecule has 0 radical (unpaired) electrons. The fraction of sp³-hybridized carbons (Fsp3) is 0.0690. The van der Waals surface area contributed by atoms with Gasteiger partial charge in [0.1, 0.15) is 12.4 Å². The zero-order valence-corrected chi connectivity index (χ0v) is 21.0. The largest absolute Gasteiger partial charge is 0.486 e. The summed E-state index contributed by atoms with van der Waals surface area (Å²) in [5.41, 5.74) is 3.42. The third kappa shape index (κ3) is 5.79. The minimum Gasteiger partial charge on any atom is -0.486 e. The maximum atomic E-state index is 12.7. The van der Waals surface area contributed by atoms with E-state index in [1.54, 1.807) is 0 Å². The third-order valence-corrected chi connectivity index (χ3v) is 6.71. The van der Waals surface area contributed by atoms with Gasteiger partial charge in [0.15, 0.2) is 16.8 Å². The molecule has 8 nitrogen and oxygen atoms in total. The molecule has 1 heterocycles. The number of hydrogen-bond acceptors (Lipinski definition) is 7. The van der Waals surface area contributed by atoms with Crippen LogP contribution in [-0.2, 0) is 6.61 Å². The zero-order chi connectivity index (χ0) is 26.3. The topological polar surface area (TPSA) is 100 Å². The first-order valence-electron chi connectivity index (χ1n) is 11.8. The van der Waals surface area contributed by atoms with Crippen LogP contribution in [0.15, 0.2) is 114 Å². The Morgan fingerprint density at radius 3 is 2.11 bits per heavy atom. The molecule has 0 saturated heterocycles. The van der Waals surface area contributed by atoms with Crippen LogP contribution in [0.5, 0.6) is 5.75 Å². The van der Waals surface area contributed by atoms with Crippen molar-refractivity contribution in [3.8, 4) is 22.6 Å². The lowest BCUT2D eigenvalue weighted by Gasteiger charge is -2.11. The van der Waals surface area contributed by atoms with Crippen LogP contribution >= 0.6 is 11.8 Å². The molecule has 9 heteroatoms. The molecular weight excluding hydrogens is 500 g/mol. The van der Waals surface area contributed by atoms with E-state index in [4.69, 9.17) is 4.74 Å². The molecule has 0 amide bonds. The number of nitro groups is 1. The molecule has 5 aromatic rings. The third-order valence-electron chi connectivity index (χ3n) is 5.78. The van der Waals surface area contributed by atoms with Crippen LogP contribution in [0.3, 0.4) is 0 Å². The van der Waals surface area contributed by atoms with E-state index >= 15 is 0 Å². The summed E-state index contributed by atoms with van der Waals surface area (Å²) in [6.45, 7) is 0.184. The van der Waals surface area contributed by atoms with E-state index < -0.39 is 4.92 Å². The Hall–Kier alpha value is -4.76. The number of nitrogens with zero attached hydrogens (tertiary/aromatic N) is 4. The molecule has 0 bridgehead atoms. The van der Waals surface area contributed by atoms with E-state index in [0.717, 1.165) is 16.8 Å². The van der Waals surface area contributed by atoms with E-state index in [-0.39, 0.29) is 23.8 Å². The second kappa shape index (κ2) is 11.5. The number of carbonyl (C=O) groups is 1. The SMILES string of the molecule is O=C(CSc1nnc(COc2ccc(-c3ccccc3)cc2)n1-c1ccccc1)c1ccc([N+](=O)[O-])cc1. The number of non-ortho nitro benzene ring substituents is 1. The second-order valence-electron chi connectivity index (χ2n) is 8.26. The quantitative estimate of drug-likeness (QED) is 0.0906. The highest BCUT2D eigenvalue weighted by Gasteiger charge is 2.17. The summed E-state index contributed by atoms with van der Waals surface area (Å²) in [6.07, 6.45) is 0. The number of nitro benzene ring substituents is 1. The number of thioether (sulfide) groups is 1. The lowest BCUT2D eigenvalue weighted by molar-refractivity contribution is -0.384. The van der Waals surface area contributed by atoms with E-state index in [2.05, 4.69) is 22.3 Å². The van der Waals surface area contributed by atoms with Gasteiger partial charge in [-0.25, -0.2) is 0 Å². The average molecular weight is 523 g/mol. The monoisotopic (exact) mass is 522 g/mol. The molecule has 4 aromatic carbocycles. The Morgan fingerprint density at radius 2 is 1.45 bits per heavy atom.